The zero-order valence-corrected chi connectivity index (χ0v) is 13.8. The fourth-order valence-corrected chi connectivity index (χ4v) is 4.11. The van der Waals surface area contributed by atoms with Gasteiger partial charge in [0.25, 0.3) is 0 Å². The largest absolute Gasteiger partial charge is 0.445 e. The summed E-state index contributed by atoms with van der Waals surface area (Å²) in [6.07, 6.45) is -0.267. The molecule has 6 unspecified atom stereocenters. The molecule has 7 nitrogen and oxygen atoms in total. The predicted molar refractivity (Wildman–Crippen MR) is 87.5 cm³/mol. The first-order chi connectivity index (χ1) is 12.1. The van der Waals surface area contributed by atoms with Gasteiger partial charge in [-0.2, -0.15) is 0 Å². The second-order valence-electron chi connectivity index (χ2n) is 7.11. The van der Waals surface area contributed by atoms with E-state index in [2.05, 4.69) is 10.6 Å². The van der Waals surface area contributed by atoms with Gasteiger partial charge in [-0.05, 0) is 36.2 Å². The highest BCUT2D eigenvalue weighted by Gasteiger charge is 2.56. The molecule has 1 heterocycles. The number of hydrogen-bond acceptors (Lipinski definition) is 5. The standard InChI is InChI=1S/C18H22N2O5/c21-16-13-7-12(13)11(6-14-15(16)20-18(23)25-14)8-19-17(22)24-9-10-4-2-1-3-5-10/h1-5,11-16,21H,6-9H2,(H,19,22)(H,20,23). The van der Waals surface area contributed by atoms with Crippen LogP contribution in [-0.4, -0.2) is 42.1 Å². The summed E-state index contributed by atoms with van der Waals surface area (Å²) in [4.78, 5) is 23.4. The summed E-state index contributed by atoms with van der Waals surface area (Å²) < 4.78 is 10.5. The highest BCUT2D eigenvalue weighted by Crippen LogP contribution is 2.52. The minimum Gasteiger partial charge on any atom is -0.445 e. The fraction of sp³-hybridized carbons (Fsp3) is 0.556. The Bertz CT molecular complexity index is 652. The van der Waals surface area contributed by atoms with Crippen molar-refractivity contribution < 1.29 is 24.2 Å². The van der Waals surface area contributed by atoms with Gasteiger partial charge in [0.2, 0.25) is 0 Å². The van der Waals surface area contributed by atoms with Gasteiger partial charge in [-0.15, -0.1) is 0 Å². The Morgan fingerprint density at radius 3 is 2.88 bits per heavy atom. The number of carbonyl (C=O) groups is 2. The van der Waals surface area contributed by atoms with Gasteiger partial charge >= 0.3 is 12.2 Å². The Kier molecular flexibility index (Phi) is 4.25. The second-order valence-corrected chi connectivity index (χ2v) is 7.11. The van der Waals surface area contributed by atoms with Crippen molar-refractivity contribution in [2.45, 2.75) is 37.7 Å². The van der Waals surface area contributed by atoms with Crippen LogP contribution < -0.4 is 10.6 Å². The number of amides is 2. The molecule has 3 N–H and O–H groups in total. The number of aliphatic hydroxyl groups is 1. The summed E-state index contributed by atoms with van der Waals surface area (Å²) >= 11 is 0. The summed E-state index contributed by atoms with van der Waals surface area (Å²) in [6, 6.07) is 9.17. The number of ether oxygens (including phenoxy) is 2. The molecule has 7 heteroatoms. The fourth-order valence-electron chi connectivity index (χ4n) is 4.11. The molecule has 1 aromatic rings. The maximum atomic E-state index is 11.9. The van der Waals surface area contributed by atoms with Crippen molar-refractivity contribution in [1.29, 1.82) is 0 Å². The monoisotopic (exact) mass is 346 g/mol. The smallest absolute Gasteiger partial charge is 0.407 e. The van der Waals surface area contributed by atoms with Crippen LogP contribution in [0.1, 0.15) is 18.4 Å². The number of alkyl carbamates (subject to hydrolysis) is 2. The third-order valence-electron chi connectivity index (χ3n) is 5.50. The molecular formula is C18H22N2O5. The van der Waals surface area contributed by atoms with Gasteiger partial charge in [0.05, 0.1) is 12.1 Å². The maximum absolute atomic E-state index is 11.9. The minimum atomic E-state index is -0.573. The molecule has 134 valence electrons. The highest BCUT2D eigenvalue weighted by atomic mass is 16.6. The van der Waals surface area contributed by atoms with Gasteiger partial charge in [0, 0.05) is 6.54 Å². The topological polar surface area (TPSA) is 96.9 Å². The van der Waals surface area contributed by atoms with Gasteiger partial charge in [0.1, 0.15) is 12.7 Å². The Hall–Kier alpha value is -2.28. The van der Waals surface area contributed by atoms with Crippen molar-refractivity contribution in [3.8, 4) is 0 Å². The molecule has 2 aliphatic carbocycles. The van der Waals surface area contributed by atoms with Gasteiger partial charge in [-0.3, -0.25) is 0 Å². The molecular weight excluding hydrogens is 324 g/mol. The van der Waals surface area contributed by atoms with Crippen molar-refractivity contribution in [3.05, 3.63) is 35.9 Å². The third-order valence-corrected chi connectivity index (χ3v) is 5.50. The average Bonchev–Trinajstić information content (AvgIpc) is 3.34. The number of nitrogens with one attached hydrogen (secondary N) is 2. The van der Waals surface area contributed by atoms with Crippen LogP contribution in [0, 0.1) is 17.8 Å². The van der Waals surface area contributed by atoms with Crippen LogP contribution in [0.25, 0.3) is 0 Å². The number of fused-ring (bicyclic) bond motifs is 2. The molecule has 0 spiro atoms. The molecule has 25 heavy (non-hydrogen) atoms. The van der Waals surface area contributed by atoms with Crippen LogP contribution >= 0.6 is 0 Å². The first-order valence-corrected chi connectivity index (χ1v) is 8.71. The van der Waals surface area contributed by atoms with Gasteiger partial charge in [-0.1, -0.05) is 30.3 Å². The van der Waals surface area contributed by atoms with Crippen molar-refractivity contribution in [2.24, 2.45) is 17.8 Å². The zero-order valence-electron chi connectivity index (χ0n) is 13.8. The summed E-state index contributed by atoms with van der Waals surface area (Å²) in [6.45, 7) is 0.691. The quantitative estimate of drug-likeness (QED) is 0.766. The van der Waals surface area contributed by atoms with Crippen LogP contribution in [0.2, 0.25) is 0 Å². The van der Waals surface area contributed by atoms with E-state index in [1.807, 2.05) is 30.3 Å². The van der Waals surface area contributed by atoms with E-state index >= 15 is 0 Å². The minimum absolute atomic E-state index is 0.170. The number of benzene rings is 1. The summed E-state index contributed by atoms with van der Waals surface area (Å²) in [5.41, 5.74) is 0.935. The van der Waals surface area contributed by atoms with Crippen LogP contribution in [0.4, 0.5) is 9.59 Å². The van der Waals surface area contributed by atoms with E-state index < -0.39 is 18.3 Å². The normalized spacial score (nSPS) is 35.5. The highest BCUT2D eigenvalue weighted by molar-refractivity contribution is 5.70. The number of carbonyl (C=O) groups excluding carboxylic acids is 2. The van der Waals surface area contributed by atoms with E-state index in [1.165, 1.54) is 0 Å². The van der Waals surface area contributed by atoms with Gasteiger partial charge in [-0.25, -0.2) is 9.59 Å². The number of aliphatic hydroxyl groups excluding tert-OH is 1. The van der Waals surface area contributed by atoms with E-state index in [0.717, 1.165) is 12.0 Å². The molecule has 4 rings (SSSR count). The molecule has 1 aromatic carbocycles. The number of rotatable bonds is 4. The predicted octanol–water partition coefficient (Wildman–Crippen LogP) is 1.41. The van der Waals surface area contributed by atoms with Crippen LogP contribution in [0.3, 0.4) is 0 Å². The van der Waals surface area contributed by atoms with Crippen molar-refractivity contribution in [1.82, 2.24) is 10.6 Å². The summed E-state index contributed by atoms with van der Waals surface area (Å²) in [7, 11) is 0. The van der Waals surface area contributed by atoms with E-state index in [9.17, 15) is 14.7 Å². The van der Waals surface area contributed by atoms with Crippen molar-refractivity contribution >= 4 is 12.2 Å². The Morgan fingerprint density at radius 2 is 2.08 bits per heavy atom. The zero-order chi connectivity index (χ0) is 17.4. The lowest BCUT2D eigenvalue weighted by Gasteiger charge is -2.21. The number of hydrogen-bond donors (Lipinski definition) is 3. The molecule has 2 saturated carbocycles. The van der Waals surface area contributed by atoms with Crippen LogP contribution in [-0.2, 0) is 16.1 Å². The molecule has 0 bridgehead atoms. The summed E-state index contributed by atoms with van der Waals surface area (Å²) in [5.74, 6) is 0.700. The molecule has 1 aliphatic heterocycles. The molecule has 2 amide bonds. The lowest BCUT2D eigenvalue weighted by molar-refractivity contribution is 0.0673. The first kappa shape index (κ1) is 16.2. The van der Waals surface area contributed by atoms with Crippen molar-refractivity contribution in [2.75, 3.05) is 6.54 Å². The molecule has 0 radical (unpaired) electrons. The van der Waals surface area contributed by atoms with Crippen LogP contribution in [0.15, 0.2) is 30.3 Å². The maximum Gasteiger partial charge on any atom is 0.407 e. The lowest BCUT2D eigenvalue weighted by Crippen LogP contribution is -2.43. The van der Waals surface area contributed by atoms with Gasteiger partial charge < -0.3 is 25.2 Å². The Labute approximate surface area is 145 Å². The van der Waals surface area contributed by atoms with E-state index in [4.69, 9.17) is 9.47 Å². The van der Waals surface area contributed by atoms with E-state index in [0.29, 0.717) is 18.9 Å². The third kappa shape index (κ3) is 3.42. The Balaban J connectivity index is 1.29. The van der Waals surface area contributed by atoms with Crippen LogP contribution in [0.5, 0.6) is 0 Å². The second kappa shape index (κ2) is 6.55. The molecule has 6 atom stereocenters. The molecule has 3 fully saturated rings. The van der Waals surface area contributed by atoms with E-state index in [1.54, 1.807) is 0 Å². The molecule has 1 saturated heterocycles. The SMILES string of the molecule is O=C(NCC1CC2OC(=O)NC2C(O)C2CC12)OCc1ccccc1. The molecule has 3 aliphatic rings. The summed E-state index contributed by atoms with van der Waals surface area (Å²) in [5, 5.41) is 15.9. The Morgan fingerprint density at radius 1 is 1.28 bits per heavy atom. The lowest BCUT2D eigenvalue weighted by atomic mass is 9.95. The van der Waals surface area contributed by atoms with Crippen molar-refractivity contribution in [3.63, 3.8) is 0 Å². The molecule has 0 aromatic heterocycles. The first-order valence-electron chi connectivity index (χ1n) is 8.71. The van der Waals surface area contributed by atoms with Gasteiger partial charge in [0.15, 0.2) is 0 Å². The average molecular weight is 346 g/mol. The van der Waals surface area contributed by atoms with E-state index in [-0.39, 0.29) is 30.6 Å².